The highest BCUT2D eigenvalue weighted by Gasteiger charge is 2.38. The van der Waals surface area contributed by atoms with Crippen molar-refractivity contribution in [2.24, 2.45) is 0 Å². The number of amides is 3. The van der Waals surface area contributed by atoms with Crippen LogP contribution in [0, 0.1) is 20.8 Å². The van der Waals surface area contributed by atoms with E-state index >= 15 is 0 Å². The van der Waals surface area contributed by atoms with Crippen molar-refractivity contribution in [1.82, 2.24) is 10.2 Å². The lowest BCUT2D eigenvalue weighted by Crippen LogP contribution is -2.55. The summed E-state index contributed by atoms with van der Waals surface area (Å²) >= 11 is 0. The monoisotopic (exact) mass is 497 g/mol. The summed E-state index contributed by atoms with van der Waals surface area (Å²) in [5.74, 6) is -0.993. The number of anilines is 1. The number of carbonyl (C=O) groups is 3. The fourth-order valence-corrected chi connectivity index (χ4v) is 4.02. The van der Waals surface area contributed by atoms with Gasteiger partial charge in [0.15, 0.2) is 0 Å². The third-order valence-corrected chi connectivity index (χ3v) is 5.47. The molecule has 196 valence electrons. The summed E-state index contributed by atoms with van der Waals surface area (Å²) in [6.07, 6.45) is -0.828. The van der Waals surface area contributed by atoms with Gasteiger partial charge in [0.2, 0.25) is 5.91 Å². The molecule has 2 aromatic rings. The second kappa shape index (κ2) is 12.0. The van der Waals surface area contributed by atoms with E-state index in [9.17, 15) is 19.5 Å². The topological polar surface area (TPSA) is 108 Å². The van der Waals surface area contributed by atoms with E-state index in [0.29, 0.717) is 11.3 Å². The van der Waals surface area contributed by atoms with Crippen LogP contribution in [0.4, 0.5) is 10.5 Å². The van der Waals surface area contributed by atoms with Crippen LogP contribution in [-0.2, 0) is 14.3 Å². The Hall–Kier alpha value is -3.39. The minimum atomic E-state index is -1.29. The van der Waals surface area contributed by atoms with Gasteiger partial charge in [-0.2, -0.15) is 0 Å². The van der Waals surface area contributed by atoms with Crippen molar-refractivity contribution in [3.63, 3.8) is 0 Å². The van der Waals surface area contributed by atoms with Gasteiger partial charge < -0.3 is 25.4 Å². The number of benzene rings is 2. The first-order chi connectivity index (χ1) is 16.7. The summed E-state index contributed by atoms with van der Waals surface area (Å²) in [4.78, 5) is 41.3. The molecule has 0 aliphatic rings. The average Bonchev–Trinajstić information content (AvgIpc) is 2.74. The van der Waals surface area contributed by atoms with Crippen LogP contribution in [0.3, 0.4) is 0 Å². The Morgan fingerprint density at radius 3 is 2.08 bits per heavy atom. The number of ether oxygens (including phenoxy) is 1. The molecule has 2 unspecified atom stereocenters. The predicted octanol–water partition coefficient (Wildman–Crippen LogP) is 4.41. The lowest BCUT2D eigenvalue weighted by atomic mass is 9.97. The summed E-state index contributed by atoms with van der Waals surface area (Å²) < 4.78 is 5.27. The van der Waals surface area contributed by atoms with Gasteiger partial charge in [0.25, 0.3) is 5.91 Å². The largest absolute Gasteiger partial charge is 0.444 e. The summed E-state index contributed by atoms with van der Waals surface area (Å²) in [5.41, 5.74) is 3.27. The van der Waals surface area contributed by atoms with E-state index in [1.54, 1.807) is 40.7 Å². The van der Waals surface area contributed by atoms with E-state index in [0.717, 1.165) is 16.7 Å². The number of hydrogen-bond donors (Lipinski definition) is 3. The van der Waals surface area contributed by atoms with Crippen molar-refractivity contribution in [2.75, 3.05) is 11.9 Å². The van der Waals surface area contributed by atoms with Crippen LogP contribution in [0.5, 0.6) is 0 Å². The maximum Gasteiger partial charge on any atom is 0.408 e. The zero-order valence-electron chi connectivity index (χ0n) is 22.5. The van der Waals surface area contributed by atoms with Crippen LogP contribution in [-0.4, -0.2) is 52.2 Å². The van der Waals surface area contributed by atoms with E-state index in [4.69, 9.17) is 4.74 Å². The third-order valence-electron chi connectivity index (χ3n) is 5.47. The van der Waals surface area contributed by atoms with Gasteiger partial charge in [0.05, 0.1) is 6.61 Å². The van der Waals surface area contributed by atoms with Gasteiger partial charge in [-0.3, -0.25) is 9.59 Å². The van der Waals surface area contributed by atoms with Gasteiger partial charge in [0.1, 0.15) is 17.7 Å². The number of aliphatic hydroxyl groups excluding tert-OH is 1. The molecule has 8 heteroatoms. The minimum absolute atomic E-state index is 0.398. The number of para-hydroxylation sites is 1. The molecule has 0 bridgehead atoms. The summed E-state index contributed by atoms with van der Waals surface area (Å²) in [5, 5.41) is 15.4. The molecule has 0 spiro atoms. The Labute approximate surface area is 214 Å². The zero-order chi connectivity index (χ0) is 27.2. The van der Waals surface area contributed by atoms with Crippen LogP contribution < -0.4 is 10.6 Å². The smallest absolute Gasteiger partial charge is 0.408 e. The van der Waals surface area contributed by atoms with Crippen molar-refractivity contribution < 1.29 is 24.2 Å². The van der Waals surface area contributed by atoms with E-state index < -0.39 is 48.2 Å². The molecule has 3 amide bonds. The van der Waals surface area contributed by atoms with E-state index in [1.807, 2.05) is 57.2 Å². The molecule has 0 aliphatic carbocycles. The highest BCUT2D eigenvalue weighted by molar-refractivity contribution is 5.99. The SMILES string of the molecule is Cc1cc(C)cc(C(C(=O)Nc2ccccc2C)N(C(=O)C(CO)NC(=O)OC(C)(C)C)C(C)C)c1. The first kappa shape index (κ1) is 28.8. The highest BCUT2D eigenvalue weighted by Crippen LogP contribution is 2.28. The van der Waals surface area contributed by atoms with Crippen LogP contribution in [0.2, 0.25) is 0 Å². The molecule has 0 aliphatic heterocycles. The number of nitrogens with zero attached hydrogens (tertiary/aromatic N) is 1. The molecule has 8 nitrogen and oxygen atoms in total. The normalized spacial score (nSPS) is 13.1. The van der Waals surface area contributed by atoms with Crippen LogP contribution in [0.15, 0.2) is 42.5 Å². The fraction of sp³-hybridized carbons (Fsp3) is 0.464. The van der Waals surface area contributed by atoms with Crippen LogP contribution in [0.25, 0.3) is 0 Å². The molecule has 2 rings (SSSR count). The summed E-state index contributed by atoms with van der Waals surface area (Å²) in [7, 11) is 0. The molecular weight excluding hydrogens is 458 g/mol. The van der Waals surface area contributed by atoms with E-state index in [2.05, 4.69) is 10.6 Å². The Morgan fingerprint density at radius 1 is 1.00 bits per heavy atom. The average molecular weight is 498 g/mol. The first-order valence-corrected chi connectivity index (χ1v) is 12.1. The molecule has 0 heterocycles. The van der Waals surface area contributed by atoms with Crippen molar-refractivity contribution in [1.29, 1.82) is 0 Å². The third kappa shape index (κ3) is 7.81. The lowest BCUT2D eigenvalue weighted by molar-refractivity contribution is -0.143. The Kier molecular flexibility index (Phi) is 9.64. The van der Waals surface area contributed by atoms with Gasteiger partial charge in [-0.05, 0) is 72.6 Å². The molecule has 0 fully saturated rings. The Bertz CT molecular complexity index is 1070. The predicted molar refractivity (Wildman–Crippen MR) is 141 cm³/mol. The molecular formula is C28H39N3O5. The van der Waals surface area contributed by atoms with Crippen molar-refractivity contribution >= 4 is 23.6 Å². The molecule has 0 radical (unpaired) electrons. The van der Waals surface area contributed by atoms with E-state index in [-0.39, 0.29) is 0 Å². The number of aryl methyl sites for hydroxylation is 3. The lowest BCUT2D eigenvalue weighted by Gasteiger charge is -2.37. The Morgan fingerprint density at radius 2 is 1.58 bits per heavy atom. The van der Waals surface area contributed by atoms with Gasteiger partial charge in [-0.25, -0.2) is 4.79 Å². The summed E-state index contributed by atoms with van der Waals surface area (Å²) in [6.45, 7) is 13.8. The number of rotatable bonds is 8. The quantitative estimate of drug-likeness (QED) is 0.501. The van der Waals surface area contributed by atoms with E-state index in [1.165, 1.54) is 4.90 Å². The highest BCUT2D eigenvalue weighted by atomic mass is 16.6. The number of nitrogens with one attached hydrogen (secondary N) is 2. The van der Waals surface area contributed by atoms with Crippen LogP contribution in [0.1, 0.15) is 62.9 Å². The standard InChI is InChI=1S/C28H39N3O5/c1-17(2)31(26(34)23(16-32)30-27(35)36-28(6,7)8)24(21-14-18(3)13-19(4)15-21)25(33)29-22-12-10-9-11-20(22)5/h9-15,17,23-24,32H,16H2,1-8H3,(H,29,33)(H,30,35). The summed E-state index contributed by atoms with van der Waals surface area (Å²) in [6, 6.07) is 10.4. The maximum atomic E-state index is 13.8. The molecule has 0 saturated heterocycles. The second-order valence-electron chi connectivity index (χ2n) is 10.3. The molecule has 2 aromatic carbocycles. The van der Waals surface area contributed by atoms with Gasteiger partial charge in [0, 0.05) is 11.7 Å². The molecule has 2 atom stereocenters. The number of alkyl carbamates (subject to hydrolysis) is 1. The fourth-order valence-electron chi connectivity index (χ4n) is 4.02. The van der Waals surface area contributed by atoms with Gasteiger partial charge >= 0.3 is 6.09 Å². The molecule has 0 saturated carbocycles. The minimum Gasteiger partial charge on any atom is -0.444 e. The first-order valence-electron chi connectivity index (χ1n) is 12.1. The number of hydrogen-bond acceptors (Lipinski definition) is 5. The van der Waals surface area contributed by atoms with Crippen LogP contribution >= 0.6 is 0 Å². The molecule has 0 aromatic heterocycles. The van der Waals surface area contributed by atoms with Crippen molar-refractivity contribution in [2.45, 2.75) is 79.1 Å². The number of aliphatic hydroxyl groups is 1. The van der Waals surface area contributed by atoms with Gasteiger partial charge in [-0.15, -0.1) is 0 Å². The van der Waals surface area contributed by atoms with Gasteiger partial charge in [-0.1, -0.05) is 47.5 Å². The van der Waals surface area contributed by atoms with Crippen molar-refractivity contribution in [3.8, 4) is 0 Å². The maximum absolute atomic E-state index is 13.8. The number of carbonyl (C=O) groups excluding carboxylic acids is 3. The zero-order valence-corrected chi connectivity index (χ0v) is 22.5. The molecule has 36 heavy (non-hydrogen) atoms. The Balaban J connectivity index is 2.52. The van der Waals surface area contributed by atoms with Crippen molar-refractivity contribution in [3.05, 3.63) is 64.7 Å². The molecule has 3 N–H and O–H groups in total. The second-order valence-corrected chi connectivity index (χ2v) is 10.3.